The van der Waals surface area contributed by atoms with Crippen molar-refractivity contribution in [2.24, 2.45) is 0 Å². The highest BCUT2D eigenvalue weighted by molar-refractivity contribution is 5.99. The molecule has 1 aliphatic rings. The van der Waals surface area contributed by atoms with Crippen molar-refractivity contribution in [3.05, 3.63) is 77.6 Å². The molecule has 10 nitrogen and oxygen atoms in total. The minimum absolute atomic E-state index is 0.0236. The average Bonchev–Trinajstić information content (AvgIpc) is 3.51. The van der Waals surface area contributed by atoms with Crippen molar-refractivity contribution in [2.75, 3.05) is 13.2 Å². The van der Waals surface area contributed by atoms with E-state index in [4.69, 9.17) is 4.74 Å². The molecule has 2 aromatic carbocycles. The number of alkyl halides is 3. The van der Waals surface area contributed by atoms with Gasteiger partial charge in [-0.3, -0.25) is 14.9 Å². The van der Waals surface area contributed by atoms with Crippen molar-refractivity contribution in [3.63, 3.8) is 0 Å². The fourth-order valence-electron chi connectivity index (χ4n) is 4.16. The molecule has 1 saturated heterocycles. The van der Waals surface area contributed by atoms with Gasteiger partial charge in [-0.15, -0.1) is 0 Å². The number of para-hydroxylation sites is 1. The number of rotatable bonds is 8. The van der Waals surface area contributed by atoms with Crippen molar-refractivity contribution in [1.82, 2.24) is 25.7 Å². The van der Waals surface area contributed by atoms with Crippen molar-refractivity contribution < 1.29 is 37.4 Å². The van der Waals surface area contributed by atoms with Crippen LogP contribution < -0.4 is 20.7 Å². The smallest absolute Gasteiger partial charge is 0.435 e. The topological polar surface area (TPSA) is 135 Å². The molecule has 2 atom stereocenters. The summed E-state index contributed by atoms with van der Waals surface area (Å²) in [6, 6.07) is 12.6. The summed E-state index contributed by atoms with van der Waals surface area (Å²) in [5.41, 5.74) is -3.97. The number of hydrogen-bond donors (Lipinski definition) is 4. The Morgan fingerprint density at radius 2 is 1.82 bits per heavy atom. The van der Waals surface area contributed by atoms with Gasteiger partial charge in [0.05, 0.1) is 23.9 Å². The maximum absolute atomic E-state index is 13.7. The van der Waals surface area contributed by atoms with Crippen LogP contribution in [0, 0.1) is 0 Å². The van der Waals surface area contributed by atoms with Crippen LogP contribution in [-0.2, 0) is 11.0 Å². The van der Waals surface area contributed by atoms with Gasteiger partial charge in [0.25, 0.3) is 11.8 Å². The number of hydrogen-bond acceptors (Lipinski definition) is 6. The van der Waals surface area contributed by atoms with Crippen LogP contribution in [0.2, 0.25) is 0 Å². The second-order valence-corrected chi connectivity index (χ2v) is 8.44. The third kappa shape index (κ3) is 5.32. The van der Waals surface area contributed by atoms with Crippen LogP contribution in [0.1, 0.15) is 39.8 Å². The lowest BCUT2D eigenvalue weighted by Gasteiger charge is -2.32. The number of nitrogens with zero attached hydrogens (tertiary/aromatic N) is 2. The van der Waals surface area contributed by atoms with Gasteiger partial charge in [0.1, 0.15) is 5.75 Å². The van der Waals surface area contributed by atoms with E-state index < -0.39 is 46.9 Å². The third-order valence-corrected chi connectivity index (χ3v) is 5.99. The van der Waals surface area contributed by atoms with Gasteiger partial charge in [0.15, 0.2) is 5.69 Å². The first kappa shape index (κ1) is 26.7. The molecule has 3 aromatic rings. The normalized spacial score (nSPS) is 19.1. The lowest BCUT2D eigenvalue weighted by atomic mass is 10.00. The fraction of sp³-hybridized carbons (Fsp3) is 0.280. The summed E-state index contributed by atoms with van der Waals surface area (Å²) in [5.74, 6) is -2.96. The number of aliphatic carboxylic acids is 1. The van der Waals surface area contributed by atoms with Crippen LogP contribution in [0.5, 0.6) is 5.75 Å². The van der Waals surface area contributed by atoms with Crippen LogP contribution >= 0.6 is 0 Å². The number of carboxylic acid groups (broad SMARTS) is 1. The van der Waals surface area contributed by atoms with Gasteiger partial charge in [-0.05, 0) is 49.7 Å². The van der Waals surface area contributed by atoms with Crippen LogP contribution in [-0.4, -0.2) is 57.5 Å². The van der Waals surface area contributed by atoms with E-state index >= 15 is 0 Å². The maximum atomic E-state index is 13.7. The molecule has 0 radical (unpaired) electrons. The summed E-state index contributed by atoms with van der Waals surface area (Å²) in [4.78, 5) is 38.3. The van der Waals surface area contributed by atoms with E-state index in [2.05, 4.69) is 21.0 Å². The monoisotopic (exact) mass is 531 g/mol. The SMILES string of the molecule is CCOc1ccc(C(=O)N[C@@]2(C(=O)O)NCCC2NC(=O)c2cn(-c3ccccc3)nc2C(F)(F)F)cc1. The molecule has 38 heavy (non-hydrogen) atoms. The number of ether oxygens (including phenoxy) is 1. The van der Waals surface area contributed by atoms with E-state index in [9.17, 15) is 32.7 Å². The lowest BCUT2D eigenvalue weighted by molar-refractivity contribution is -0.146. The Morgan fingerprint density at radius 3 is 2.42 bits per heavy atom. The largest absolute Gasteiger partial charge is 0.494 e. The summed E-state index contributed by atoms with van der Waals surface area (Å²) in [6.07, 6.45) is -4.00. The first-order valence-electron chi connectivity index (χ1n) is 11.6. The summed E-state index contributed by atoms with van der Waals surface area (Å²) in [7, 11) is 0. The Morgan fingerprint density at radius 1 is 1.13 bits per heavy atom. The highest BCUT2D eigenvalue weighted by Gasteiger charge is 2.52. The van der Waals surface area contributed by atoms with Gasteiger partial charge in [0, 0.05) is 18.3 Å². The molecule has 200 valence electrons. The van der Waals surface area contributed by atoms with Gasteiger partial charge < -0.3 is 20.5 Å². The van der Waals surface area contributed by atoms with E-state index in [-0.39, 0.29) is 18.5 Å². The molecular weight excluding hydrogens is 507 g/mol. The Kier molecular flexibility index (Phi) is 7.39. The molecule has 0 aliphatic carbocycles. The summed E-state index contributed by atoms with van der Waals surface area (Å²) < 4.78 is 47.5. The Hall–Kier alpha value is -4.39. The van der Waals surface area contributed by atoms with Crippen molar-refractivity contribution >= 4 is 17.8 Å². The highest BCUT2D eigenvalue weighted by atomic mass is 19.4. The van der Waals surface area contributed by atoms with Gasteiger partial charge >= 0.3 is 12.1 Å². The molecular formula is C25H24F3N5O5. The number of carbonyl (C=O) groups is 3. The predicted molar refractivity (Wildman–Crippen MR) is 128 cm³/mol. The third-order valence-electron chi connectivity index (χ3n) is 5.99. The van der Waals surface area contributed by atoms with Gasteiger partial charge in [0.2, 0.25) is 5.66 Å². The zero-order valence-corrected chi connectivity index (χ0v) is 20.1. The summed E-state index contributed by atoms with van der Waals surface area (Å²) in [6.45, 7) is 2.28. The van der Waals surface area contributed by atoms with Crippen LogP contribution in [0.4, 0.5) is 13.2 Å². The molecule has 2 heterocycles. The second kappa shape index (κ2) is 10.5. The zero-order valence-electron chi connectivity index (χ0n) is 20.1. The number of halogens is 3. The molecule has 4 N–H and O–H groups in total. The number of aromatic nitrogens is 2. The predicted octanol–water partition coefficient (Wildman–Crippen LogP) is 2.59. The molecule has 0 bridgehead atoms. The lowest BCUT2D eigenvalue weighted by Crippen LogP contribution is -2.70. The van der Waals surface area contributed by atoms with Gasteiger partial charge in [-0.1, -0.05) is 18.2 Å². The first-order valence-corrected chi connectivity index (χ1v) is 11.6. The molecule has 1 fully saturated rings. The maximum Gasteiger partial charge on any atom is 0.435 e. The molecule has 4 rings (SSSR count). The molecule has 13 heteroatoms. The van der Waals surface area contributed by atoms with E-state index in [1.807, 2.05) is 0 Å². The Balaban J connectivity index is 1.60. The van der Waals surface area contributed by atoms with Gasteiger partial charge in [-0.2, -0.15) is 18.3 Å². The van der Waals surface area contributed by atoms with Crippen molar-refractivity contribution in [2.45, 2.75) is 31.2 Å². The number of carbonyl (C=O) groups excluding carboxylic acids is 2. The Bertz CT molecular complexity index is 1330. The van der Waals surface area contributed by atoms with E-state index in [1.165, 1.54) is 36.4 Å². The van der Waals surface area contributed by atoms with E-state index in [0.717, 1.165) is 10.9 Å². The molecule has 2 amide bonds. The quantitative estimate of drug-likeness (QED) is 0.351. The average molecular weight is 531 g/mol. The fourth-order valence-corrected chi connectivity index (χ4v) is 4.16. The minimum Gasteiger partial charge on any atom is -0.494 e. The first-order chi connectivity index (χ1) is 18.0. The van der Waals surface area contributed by atoms with E-state index in [1.54, 1.807) is 25.1 Å². The van der Waals surface area contributed by atoms with Crippen molar-refractivity contribution in [1.29, 1.82) is 0 Å². The molecule has 1 unspecified atom stereocenters. The van der Waals surface area contributed by atoms with Crippen LogP contribution in [0.3, 0.4) is 0 Å². The molecule has 1 aromatic heterocycles. The van der Waals surface area contributed by atoms with Crippen LogP contribution in [0.15, 0.2) is 60.8 Å². The minimum atomic E-state index is -4.95. The Labute approximate surface area is 214 Å². The van der Waals surface area contributed by atoms with E-state index in [0.29, 0.717) is 18.0 Å². The number of carboxylic acids is 1. The molecule has 0 saturated carbocycles. The van der Waals surface area contributed by atoms with Gasteiger partial charge in [-0.25, -0.2) is 9.48 Å². The highest BCUT2D eigenvalue weighted by Crippen LogP contribution is 2.32. The standard InChI is InChI=1S/C25H24F3N5O5/c1-2-38-17-10-8-15(9-11-17)21(34)31-24(23(36)37)19(12-13-29-24)30-22(35)18-14-33(16-6-4-3-5-7-16)32-20(18)25(26,27)28/h3-11,14,19,29H,2,12-13H2,1H3,(H,30,35)(H,31,34)(H,36,37)/t19?,24-/m0/s1. The summed E-state index contributed by atoms with van der Waals surface area (Å²) >= 11 is 0. The van der Waals surface area contributed by atoms with Crippen molar-refractivity contribution in [3.8, 4) is 11.4 Å². The number of amides is 2. The molecule has 0 spiro atoms. The number of nitrogens with one attached hydrogen (secondary N) is 3. The zero-order chi connectivity index (χ0) is 27.5. The second-order valence-electron chi connectivity index (χ2n) is 8.44. The summed E-state index contributed by atoms with van der Waals surface area (Å²) in [5, 5.41) is 21.0. The number of benzene rings is 2. The van der Waals surface area contributed by atoms with Crippen LogP contribution in [0.25, 0.3) is 5.69 Å². The molecule has 1 aliphatic heterocycles.